The predicted molar refractivity (Wildman–Crippen MR) is 103 cm³/mol. The minimum absolute atomic E-state index is 0.0246. The predicted octanol–water partition coefficient (Wildman–Crippen LogP) is 2.34. The molecule has 3 aromatic heterocycles. The molecule has 4 aromatic rings. The van der Waals surface area contributed by atoms with Crippen molar-refractivity contribution >= 4 is 11.7 Å². The highest BCUT2D eigenvalue weighted by Gasteiger charge is 2.21. The SMILES string of the molecule is CC(=O)c1cccc(Cn2ncc(-c3nc(C(N)=O)c(-c4ccccc4)o3)n2)n1. The first kappa shape index (κ1) is 18.2. The average molecular weight is 388 g/mol. The lowest BCUT2D eigenvalue weighted by molar-refractivity contribution is 0.0992. The molecule has 1 aromatic carbocycles. The zero-order valence-electron chi connectivity index (χ0n) is 15.4. The molecule has 0 aliphatic carbocycles. The number of nitrogens with zero attached hydrogens (tertiary/aromatic N) is 5. The summed E-state index contributed by atoms with van der Waals surface area (Å²) in [5.74, 6) is -0.405. The molecule has 0 bridgehead atoms. The summed E-state index contributed by atoms with van der Waals surface area (Å²) in [7, 11) is 0. The van der Waals surface area contributed by atoms with E-state index < -0.39 is 5.91 Å². The zero-order valence-corrected chi connectivity index (χ0v) is 15.4. The summed E-state index contributed by atoms with van der Waals surface area (Å²) in [5.41, 5.74) is 7.51. The second kappa shape index (κ2) is 7.47. The fourth-order valence-electron chi connectivity index (χ4n) is 2.76. The van der Waals surface area contributed by atoms with Crippen LogP contribution >= 0.6 is 0 Å². The highest BCUT2D eigenvalue weighted by atomic mass is 16.4. The van der Waals surface area contributed by atoms with E-state index in [-0.39, 0.29) is 29.7 Å². The molecule has 0 aliphatic heterocycles. The van der Waals surface area contributed by atoms with Gasteiger partial charge in [-0.15, -0.1) is 5.10 Å². The molecule has 4 rings (SSSR count). The first-order valence-electron chi connectivity index (χ1n) is 8.74. The Hall–Kier alpha value is -4.14. The van der Waals surface area contributed by atoms with Gasteiger partial charge in [0.1, 0.15) is 12.2 Å². The Bertz CT molecular complexity index is 1200. The Balaban J connectivity index is 1.64. The van der Waals surface area contributed by atoms with Crippen LogP contribution in [0.2, 0.25) is 0 Å². The smallest absolute Gasteiger partial charge is 0.271 e. The quantitative estimate of drug-likeness (QED) is 0.502. The molecular formula is C20H16N6O3. The van der Waals surface area contributed by atoms with Gasteiger partial charge in [-0.3, -0.25) is 9.59 Å². The Morgan fingerprint density at radius 2 is 1.86 bits per heavy atom. The van der Waals surface area contributed by atoms with Crippen LogP contribution in [-0.2, 0) is 6.54 Å². The Kier molecular flexibility index (Phi) is 4.70. The number of hydrogen-bond acceptors (Lipinski definition) is 7. The van der Waals surface area contributed by atoms with Gasteiger partial charge in [0.15, 0.2) is 22.9 Å². The number of nitrogens with two attached hydrogens (primary N) is 1. The molecule has 0 spiro atoms. The summed E-state index contributed by atoms with van der Waals surface area (Å²) in [6, 6.07) is 14.3. The van der Waals surface area contributed by atoms with Crippen molar-refractivity contribution in [2.75, 3.05) is 0 Å². The highest BCUT2D eigenvalue weighted by molar-refractivity contribution is 5.97. The number of oxazole rings is 1. The molecule has 0 atom stereocenters. The second-order valence-corrected chi connectivity index (χ2v) is 6.26. The third kappa shape index (κ3) is 3.79. The topological polar surface area (TPSA) is 130 Å². The number of hydrogen-bond donors (Lipinski definition) is 1. The van der Waals surface area contributed by atoms with E-state index >= 15 is 0 Å². The summed E-state index contributed by atoms with van der Waals surface area (Å²) in [6.07, 6.45) is 1.47. The van der Waals surface area contributed by atoms with Gasteiger partial charge in [-0.25, -0.2) is 9.97 Å². The van der Waals surface area contributed by atoms with Crippen LogP contribution in [0.25, 0.3) is 22.9 Å². The number of amides is 1. The lowest BCUT2D eigenvalue weighted by atomic mass is 10.1. The summed E-state index contributed by atoms with van der Waals surface area (Å²) >= 11 is 0. The zero-order chi connectivity index (χ0) is 20.4. The lowest BCUT2D eigenvalue weighted by Gasteiger charge is -2.01. The molecule has 0 aliphatic rings. The molecule has 9 heteroatoms. The van der Waals surface area contributed by atoms with Gasteiger partial charge in [0.2, 0.25) is 5.89 Å². The first-order valence-corrected chi connectivity index (χ1v) is 8.74. The Morgan fingerprint density at radius 1 is 1.07 bits per heavy atom. The molecule has 0 saturated heterocycles. The standard InChI is InChI=1S/C20H16N6O3/c1-12(27)15-9-5-8-14(23-15)11-26-22-10-16(25-26)20-24-17(19(21)28)18(29-20)13-6-3-2-4-7-13/h2-10H,11H2,1H3,(H2,21,28). The van der Waals surface area contributed by atoms with Crippen molar-refractivity contribution in [1.29, 1.82) is 0 Å². The molecule has 0 unspecified atom stereocenters. The van der Waals surface area contributed by atoms with E-state index in [0.29, 0.717) is 22.6 Å². The van der Waals surface area contributed by atoms with Crippen LogP contribution in [0.3, 0.4) is 0 Å². The number of pyridine rings is 1. The third-order valence-electron chi connectivity index (χ3n) is 4.12. The first-order chi connectivity index (χ1) is 14.0. The van der Waals surface area contributed by atoms with E-state index in [4.69, 9.17) is 10.2 Å². The van der Waals surface area contributed by atoms with Crippen molar-refractivity contribution in [3.63, 3.8) is 0 Å². The van der Waals surface area contributed by atoms with E-state index in [1.54, 1.807) is 30.3 Å². The van der Waals surface area contributed by atoms with Crippen molar-refractivity contribution in [3.8, 4) is 22.9 Å². The lowest BCUT2D eigenvalue weighted by Crippen LogP contribution is -2.12. The normalized spacial score (nSPS) is 10.8. The van der Waals surface area contributed by atoms with E-state index in [9.17, 15) is 9.59 Å². The Morgan fingerprint density at radius 3 is 2.59 bits per heavy atom. The average Bonchev–Trinajstić information content (AvgIpc) is 3.36. The third-order valence-corrected chi connectivity index (χ3v) is 4.12. The summed E-state index contributed by atoms with van der Waals surface area (Å²) in [5, 5.41) is 8.51. The molecule has 0 fully saturated rings. The molecule has 144 valence electrons. The van der Waals surface area contributed by atoms with Crippen LogP contribution < -0.4 is 5.73 Å². The second-order valence-electron chi connectivity index (χ2n) is 6.26. The number of Topliss-reactive ketones (excluding diaryl/α,β-unsaturated/α-hetero) is 1. The van der Waals surface area contributed by atoms with Crippen molar-refractivity contribution in [1.82, 2.24) is 25.0 Å². The molecule has 29 heavy (non-hydrogen) atoms. The molecule has 9 nitrogen and oxygen atoms in total. The van der Waals surface area contributed by atoms with E-state index in [2.05, 4.69) is 20.2 Å². The van der Waals surface area contributed by atoms with Crippen LogP contribution in [0.1, 0.15) is 33.6 Å². The van der Waals surface area contributed by atoms with Gasteiger partial charge in [-0.1, -0.05) is 36.4 Å². The maximum atomic E-state index is 11.8. The van der Waals surface area contributed by atoms with Gasteiger partial charge >= 0.3 is 0 Å². The van der Waals surface area contributed by atoms with Crippen molar-refractivity contribution in [3.05, 3.63) is 71.8 Å². The van der Waals surface area contributed by atoms with Crippen LogP contribution in [-0.4, -0.2) is 36.7 Å². The number of carbonyl (C=O) groups excluding carboxylic acids is 2. The van der Waals surface area contributed by atoms with Gasteiger partial charge in [-0.2, -0.15) is 9.90 Å². The largest absolute Gasteiger partial charge is 0.434 e. The molecular weight excluding hydrogens is 372 g/mol. The molecule has 1 amide bonds. The minimum Gasteiger partial charge on any atom is -0.434 e. The van der Waals surface area contributed by atoms with E-state index in [0.717, 1.165) is 0 Å². The number of ketones is 1. The number of rotatable bonds is 6. The number of benzene rings is 1. The van der Waals surface area contributed by atoms with Gasteiger partial charge in [0.25, 0.3) is 5.91 Å². The van der Waals surface area contributed by atoms with Crippen molar-refractivity contribution < 1.29 is 14.0 Å². The number of aromatic nitrogens is 5. The van der Waals surface area contributed by atoms with Crippen LogP contribution in [0.4, 0.5) is 0 Å². The molecule has 3 heterocycles. The minimum atomic E-state index is -0.698. The highest BCUT2D eigenvalue weighted by Crippen LogP contribution is 2.28. The van der Waals surface area contributed by atoms with E-state index in [1.807, 2.05) is 18.2 Å². The van der Waals surface area contributed by atoms with E-state index in [1.165, 1.54) is 17.9 Å². The number of carbonyl (C=O) groups is 2. The molecule has 0 radical (unpaired) electrons. The van der Waals surface area contributed by atoms with Crippen molar-refractivity contribution in [2.45, 2.75) is 13.5 Å². The molecule has 2 N–H and O–H groups in total. The van der Waals surface area contributed by atoms with Crippen LogP contribution in [0.15, 0.2) is 59.1 Å². The van der Waals surface area contributed by atoms with Gasteiger partial charge in [-0.05, 0) is 12.1 Å². The van der Waals surface area contributed by atoms with Gasteiger partial charge in [0.05, 0.1) is 11.9 Å². The monoisotopic (exact) mass is 388 g/mol. The van der Waals surface area contributed by atoms with Gasteiger partial charge in [0, 0.05) is 12.5 Å². The maximum absolute atomic E-state index is 11.8. The summed E-state index contributed by atoms with van der Waals surface area (Å²) in [6.45, 7) is 1.72. The molecule has 0 saturated carbocycles. The summed E-state index contributed by atoms with van der Waals surface area (Å²) in [4.78, 5) is 33.2. The number of primary amides is 1. The summed E-state index contributed by atoms with van der Waals surface area (Å²) < 4.78 is 5.77. The fourth-order valence-corrected chi connectivity index (χ4v) is 2.76. The van der Waals surface area contributed by atoms with Gasteiger partial charge < -0.3 is 10.2 Å². The maximum Gasteiger partial charge on any atom is 0.271 e. The van der Waals surface area contributed by atoms with Crippen LogP contribution in [0, 0.1) is 0 Å². The fraction of sp³-hybridized carbons (Fsp3) is 0.100. The van der Waals surface area contributed by atoms with Crippen molar-refractivity contribution in [2.24, 2.45) is 5.73 Å². The Labute approximate surface area is 165 Å². The van der Waals surface area contributed by atoms with Crippen LogP contribution in [0.5, 0.6) is 0 Å².